The first-order valence-corrected chi connectivity index (χ1v) is 10.7. The van der Waals surface area contributed by atoms with Crippen LogP contribution in [0.1, 0.15) is 11.3 Å². The lowest BCUT2D eigenvalue weighted by molar-refractivity contribution is -0.119. The summed E-state index contributed by atoms with van der Waals surface area (Å²) in [6.07, 6.45) is 0.0582. The quantitative estimate of drug-likeness (QED) is 0.594. The number of hydrogen-bond donors (Lipinski definition) is 1. The van der Waals surface area contributed by atoms with Gasteiger partial charge in [-0.3, -0.25) is 14.6 Å². The molecule has 164 valence electrons. The SMILES string of the molecule is COc1ccc(N(Cc2cccs2)C(=O)C2=NN(c3ccc(F)cc3)C(C(N)=O)C2)cc1. The van der Waals surface area contributed by atoms with Gasteiger partial charge in [-0.1, -0.05) is 6.07 Å². The van der Waals surface area contributed by atoms with Crippen LogP contribution in [0.3, 0.4) is 0 Å². The van der Waals surface area contributed by atoms with Crippen LogP contribution in [-0.2, 0) is 16.1 Å². The van der Waals surface area contributed by atoms with Gasteiger partial charge in [0.1, 0.15) is 23.3 Å². The van der Waals surface area contributed by atoms with E-state index < -0.39 is 17.8 Å². The number of hydrogen-bond acceptors (Lipinski definition) is 6. The molecule has 2 heterocycles. The largest absolute Gasteiger partial charge is 0.497 e. The predicted molar refractivity (Wildman–Crippen MR) is 122 cm³/mol. The Morgan fingerprint density at radius 2 is 1.91 bits per heavy atom. The predicted octanol–water partition coefficient (Wildman–Crippen LogP) is 3.55. The minimum atomic E-state index is -0.834. The van der Waals surface area contributed by atoms with Crippen LogP contribution in [-0.4, -0.2) is 30.7 Å². The van der Waals surface area contributed by atoms with E-state index in [2.05, 4.69) is 5.10 Å². The number of rotatable bonds is 7. The van der Waals surface area contributed by atoms with E-state index >= 15 is 0 Å². The lowest BCUT2D eigenvalue weighted by Gasteiger charge is -2.22. The van der Waals surface area contributed by atoms with Crippen LogP contribution in [0.2, 0.25) is 0 Å². The van der Waals surface area contributed by atoms with Crippen LogP contribution in [0.5, 0.6) is 5.75 Å². The number of halogens is 1. The summed E-state index contributed by atoms with van der Waals surface area (Å²) in [5, 5.41) is 7.74. The Hall–Kier alpha value is -3.72. The summed E-state index contributed by atoms with van der Waals surface area (Å²) in [5.41, 5.74) is 6.93. The summed E-state index contributed by atoms with van der Waals surface area (Å²) in [6.45, 7) is 0.347. The van der Waals surface area contributed by atoms with Crippen LogP contribution < -0.4 is 20.4 Å². The molecule has 0 radical (unpaired) electrons. The molecule has 32 heavy (non-hydrogen) atoms. The van der Waals surface area contributed by atoms with E-state index in [-0.39, 0.29) is 18.0 Å². The number of carbonyl (C=O) groups is 2. The van der Waals surface area contributed by atoms with Crippen LogP contribution >= 0.6 is 11.3 Å². The second kappa shape index (κ2) is 9.19. The average Bonchev–Trinajstić information content (AvgIpc) is 3.48. The second-order valence-electron chi connectivity index (χ2n) is 7.16. The number of amides is 2. The third kappa shape index (κ3) is 4.47. The highest BCUT2D eigenvalue weighted by Crippen LogP contribution is 2.28. The van der Waals surface area contributed by atoms with Crippen molar-refractivity contribution in [2.24, 2.45) is 10.8 Å². The topological polar surface area (TPSA) is 88.2 Å². The first-order valence-electron chi connectivity index (χ1n) is 9.86. The number of methoxy groups -OCH3 is 1. The van der Waals surface area contributed by atoms with Gasteiger partial charge in [-0.25, -0.2) is 4.39 Å². The molecule has 1 aliphatic rings. The van der Waals surface area contributed by atoms with Gasteiger partial charge in [0, 0.05) is 17.0 Å². The Morgan fingerprint density at radius 1 is 1.19 bits per heavy atom. The van der Waals surface area contributed by atoms with E-state index in [1.165, 1.54) is 40.6 Å². The van der Waals surface area contributed by atoms with Crippen LogP contribution in [0.4, 0.5) is 15.8 Å². The third-order valence-corrected chi connectivity index (χ3v) is 5.96. The summed E-state index contributed by atoms with van der Waals surface area (Å²) in [4.78, 5) is 28.2. The van der Waals surface area contributed by atoms with Crippen molar-refractivity contribution in [3.63, 3.8) is 0 Å². The smallest absolute Gasteiger partial charge is 0.274 e. The summed E-state index contributed by atoms with van der Waals surface area (Å²) < 4.78 is 18.6. The lowest BCUT2D eigenvalue weighted by atomic mass is 10.1. The van der Waals surface area contributed by atoms with Gasteiger partial charge in [-0.05, 0) is 60.0 Å². The maximum absolute atomic E-state index is 13.6. The molecule has 0 saturated heterocycles. The molecule has 7 nitrogen and oxygen atoms in total. The number of ether oxygens (including phenoxy) is 1. The van der Waals surface area contributed by atoms with Gasteiger partial charge in [0.25, 0.3) is 5.91 Å². The third-order valence-electron chi connectivity index (χ3n) is 5.10. The van der Waals surface area contributed by atoms with Crippen molar-refractivity contribution in [3.05, 3.63) is 76.7 Å². The zero-order valence-electron chi connectivity index (χ0n) is 17.3. The van der Waals surface area contributed by atoms with Crippen molar-refractivity contribution < 1.29 is 18.7 Å². The normalized spacial score (nSPS) is 15.4. The molecule has 1 aromatic heterocycles. The molecule has 3 aromatic rings. The molecule has 0 saturated carbocycles. The molecule has 1 unspecified atom stereocenters. The number of benzene rings is 2. The molecule has 1 atom stereocenters. The van der Waals surface area contributed by atoms with Crippen molar-refractivity contribution in [2.45, 2.75) is 19.0 Å². The summed E-state index contributed by atoms with van der Waals surface area (Å²) in [6, 6.07) is 15.7. The first kappa shape index (κ1) is 21.5. The fraction of sp³-hybridized carbons (Fsp3) is 0.174. The molecule has 0 fully saturated rings. The number of nitrogens with two attached hydrogens (primary N) is 1. The molecule has 2 N–H and O–H groups in total. The van der Waals surface area contributed by atoms with Crippen molar-refractivity contribution in [1.29, 1.82) is 0 Å². The highest BCUT2D eigenvalue weighted by atomic mass is 32.1. The standard InChI is InChI=1S/C23H21FN4O3S/c1-31-18-10-8-16(9-11-18)27(14-19-3-2-12-32-19)23(30)20-13-21(22(25)29)28(26-20)17-6-4-15(24)5-7-17/h2-12,21H,13-14H2,1H3,(H2,25,29). The zero-order chi connectivity index (χ0) is 22.7. The van der Waals surface area contributed by atoms with Gasteiger partial charge in [-0.2, -0.15) is 5.10 Å². The molecule has 4 rings (SSSR count). The summed E-state index contributed by atoms with van der Waals surface area (Å²) >= 11 is 1.54. The molecule has 2 amide bonds. The maximum Gasteiger partial charge on any atom is 0.274 e. The molecular formula is C23H21FN4O3S. The van der Waals surface area contributed by atoms with Gasteiger partial charge in [0.05, 0.1) is 19.3 Å². The molecule has 0 bridgehead atoms. The fourth-order valence-corrected chi connectivity index (χ4v) is 4.14. The van der Waals surface area contributed by atoms with Gasteiger partial charge in [-0.15, -0.1) is 11.3 Å². The van der Waals surface area contributed by atoms with Crippen molar-refractivity contribution in [3.8, 4) is 5.75 Å². The number of anilines is 2. The Morgan fingerprint density at radius 3 is 2.50 bits per heavy atom. The Balaban J connectivity index is 1.67. The lowest BCUT2D eigenvalue weighted by Crippen LogP contribution is -2.40. The van der Waals surface area contributed by atoms with Crippen molar-refractivity contribution in [2.75, 3.05) is 17.0 Å². The maximum atomic E-state index is 13.6. The number of primary amides is 1. The van der Waals surface area contributed by atoms with Crippen LogP contribution in [0.15, 0.2) is 71.1 Å². The number of hydrazone groups is 1. The monoisotopic (exact) mass is 452 g/mol. The van der Waals surface area contributed by atoms with E-state index in [4.69, 9.17) is 10.5 Å². The second-order valence-corrected chi connectivity index (χ2v) is 8.19. The molecule has 1 aliphatic heterocycles. The van der Waals surface area contributed by atoms with Gasteiger partial charge in [0.15, 0.2) is 0 Å². The van der Waals surface area contributed by atoms with Gasteiger partial charge >= 0.3 is 0 Å². The van der Waals surface area contributed by atoms with Crippen LogP contribution in [0.25, 0.3) is 0 Å². The van der Waals surface area contributed by atoms with Crippen molar-refractivity contribution in [1.82, 2.24) is 0 Å². The van der Waals surface area contributed by atoms with Crippen LogP contribution in [0, 0.1) is 5.82 Å². The molecule has 0 aliphatic carbocycles. The van der Waals surface area contributed by atoms with E-state index in [9.17, 15) is 14.0 Å². The summed E-state index contributed by atoms with van der Waals surface area (Å²) in [7, 11) is 1.57. The molecule has 2 aromatic carbocycles. The average molecular weight is 453 g/mol. The van der Waals surface area contributed by atoms with Gasteiger partial charge < -0.3 is 15.4 Å². The van der Waals surface area contributed by atoms with E-state index in [0.717, 1.165) is 4.88 Å². The summed E-state index contributed by atoms with van der Waals surface area (Å²) in [5.74, 6) is -0.688. The molecule has 9 heteroatoms. The highest BCUT2D eigenvalue weighted by molar-refractivity contribution is 7.09. The Labute approximate surface area is 188 Å². The number of carbonyl (C=O) groups excluding carboxylic acids is 2. The minimum absolute atomic E-state index is 0.0582. The molecule has 0 spiro atoms. The minimum Gasteiger partial charge on any atom is -0.497 e. The Kier molecular flexibility index (Phi) is 6.18. The van der Waals surface area contributed by atoms with E-state index in [1.54, 1.807) is 36.3 Å². The van der Waals surface area contributed by atoms with E-state index in [1.807, 2.05) is 17.5 Å². The van der Waals surface area contributed by atoms with E-state index in [0.29, 0.717) is 23.7 Å². The van der Waals surface area contributed by atoms with Gasteiger partial charge in [0.2, 0.25) is 5.91 Å². The highest BCUT2D eigenvalue weighted by Gasteiger charge is 2.37. The number of nitrogens with zero attached hydrogens (tertiary/aromatic N) is 3. The molecular weight excluding hydrogens is 431 g/mol. The number of thiophene rings is 1. The zero-order valence-corrected chi connectivity index (χ0v) is 18.1. The Bertz CT molecular complexity index is 1130. The van der Waals surface area contributed by atoms with Crippen molar-refractivity contribution >= 4 is 40.2 Å². The first-order chi connectivity index (χ1) is 15.5. The fourth-order valence-electron chi connectivity index (χ4n) is 3.45.